The van der Waals surface area contributed by atoms with Crippen molar-refractivity contribution < 1.29 is 4.79 Å². The van der Waals surface area contributed by atoms with Crippen molar-refractivity contribution in [1.29, 1.82) is 5.26 Å². The highest BCUT2D eigenvalue weighted by atomic mass is 16.1. The van der Waals surface area contributed by atoms with E-state index in [2.05, 4.69) is 10.3 Å². The molecule has 102 valence electrons. The molecule has 1 amide bonds. The molecular weight excluding hydrogens is 264 g/mol. The predicted octanol–water partition coefficient (Wildman–Crippen LogP) is 2.77. The maximum absolute atomic E-state index is 12.4. The number of nitrogens with one attached hydrogen (secondary N) is 1. The summed E-state index contributed by atoms with van der Waals surface area (Å²) in [4.78, 5) is 16.7. The third-order valence-electron chi connectivity index (χ3n) is 3.10. The van der Waals surface area contributed by atoms with Gasteiger partial charge in [0.15, 0.2) is 0 Å². The number of hydrogen-bond donors (Lipinski definition) is 1. The second-order valence-corrected chi connectivity index (χ2v) is 4.68. The summed E-state index contributed by atoms with van der Waals surface area (Å²) in [6.45, 7) is 1.88. The van der Waals surface area contributed by atoms with Crippen LogP contribution >= 0.6 is 0 Å². The van der Waals surface area contributed by atoms with Gasteiger partial charge in [-0.25, -0.2) is 4.98 Å². The number of fused-ring (bicyclic) bond motifs is 1. The Morgan fingerprint density at radius 2 is 2.19 bits per heavy atom. The van der Waals surface area contributed by atoms with Gasteiger partial charge in [0.25, 0.3) is 5.91 Å². The Balaban J connectivity index is 1.95. The van der Waals surface area contributed by atoms with E-state index in [0.717, 1.165) is 5.69 Å². The molecule has 0 fully saturated rings. The molecule has 21 heavy (non-hydrogen) atoms. The number of pyridine rings is 1. The van der Waals surface area contributed by atoms with Crippen LogP contribution in [0.3, 0.4) is 0 Å². The normalized spacial score (nSPS) is 10.3. The van der Waals surface area contributed by atoms with Gasteiger partial charge in [0.05, 0.1) is 22.9 Å². The van der Waals surface area contributed by atoms with Crippen molar-refractivity contribution in [3.05, 3.63) is 65.6 Å². The van der Waals surface area contributed by atoms with Crippen LogP contribution in [0, 0.1) is 18.3 Å². The molecule has 0 radical (unpaired) electrons. The number of rotatable bonds is 2. The molecule has 2 heterocycles. The molecule has 5 nitrogen and oxygen atoms in total. The van der Waals surface area contributed by atoms with E-state index in [1.165, 1.54) is 0 Å². The molecular formula is C16H12N4O. The highest BCUT2D eigenvalue weighted by Gasteiger charge is 2.12. The zero-order chi connectivity index (χ0) is 14.8. The van der Waals surface area contributed by atoms with E-state index in [9.17, 15) is 4.79 Å². The summed E-state index contributed by atoms with van der Waals surface area (Å²) in [7, 11) is 0. The Morgan fingerprint density at radius 3 is 3.00 bits per heavy atom. The number of hydrogen-bond acceptors (Lipinski definition) is 3. The van der Waals surface area contributed by atoms with E-state index in [1.807, 2.05) is 29.8 Å². The van der Waals surface area contributed by atoms with E-state index >= 15 is 0 Å². The Hall–Kier alpha value is -3.13. The molecule has 2 aromatic heterocycles. The lowest BCUT2D eigenvalue weighted by Gasteiger charge is -2.06. The van der Waals surface area contributed by atoms with Crippen LogP contribution < -0.4 is 5.32 Å². The highest BCUT2D eigenvalue weighted by molar-refractivity contribution is 6.08. The molecule has 0 atom stereocenters. The summed E-state index contributed by atoms with van der Waals surface area (Å²) in [5.41, 5.74) is 3.05. The van der Waals surface area contributed by atoms with Crippen LogP contribution in [0.1, 0.15) is 21.6 Å². The smallest absolute Gasteiger partial charge is 0.259 e. The molecule has 0 spiro atoms. The minimum absolute atomic E-state index is 0.249. The van der Waals surface area contributed by atoms with E-state index in [1.54, 1.807) is 36.4 Å². The van der Waals surface area contributed by atoms with Gasteiger partial charge in [0.1, 0.15) is 5.65 Å². The number of benzene rings is 1. The van der Waals surface area contributed by atoms with Gasteiger partial charge in [-0.1, -0.05) is 6.07 Å². The monoisotopic (exact) mass is 276 g/mol. The minimum Gasteiger partial charge on any atom is -0.322 e. The fraction of sp³-hybridized carbons (Fsp3) is 0.0625. The first kappa shape index (κ1) is 12.9. The highest BCUT2D eigenvalue weighted by Crippen LogP contribution is 2.15. The SMILES string of the molecule is Cc1cn2cccc(C(=O)Nc3cccc(C#N)c3)c2n1. The number of amides is 1. The Bertz CT molecular complexity index is 873. The summed E-state index contributed by atoms with van der Waals surface area (Å²) in [6, 6.07) is 12.4. The van der Waals surface area contributed by atoms with Gasteiger partial charge < -0.3 is 9.72 Å². The number of aromatic nitrogens is 2. The maximum atomic E-state index is 12.4. The molecule has 3 rings (SSSR count). The van der Waals surface area contributed by atoms with Crippen LogP contribution in [0.25, 0.3) is 5.65 Å². The summed E-state index contributed by atoms with van der Waals surface area (Å²) < 4.78 is 1.82. The molecule has 3 aromatic rings. The summed E-state index contributed by atoms with van der Waals surface area (Å²) in [6.07, 6.45) is 3.71. The average molecular weight is 276 g/mol. The van der Waals surface area contributed by atoms with E-state index in [-0.39, 0.29) is 5.91 Å². The lowest BCUT2D eigenvalue weighted by atomic mass is 10.2. The first-order valence-corrected chi connectivity index (χ1v) is 6.43. The van der Waals surface area contributed by atoms with Gasteiger partial charge in [-0.05, 0) is 37.3 Å². The predicted molar refractivity (Wildman–Crippen MR) is 79.0 cm³/mol. The third-order valence-corrected chi connectivity index (χ3v) is 3.10. The number of carbonyl (C=O) groups excluding carboxylic acids is 1. The molecule has 0 bridgehead atoms. The first-order valence-electron chi connectivity index (χ1n) is 6.43. The zero-order valence-corrected chi connectivity index (χ0v) is 11.4. The second kappa shape index (κ2) is 5.10. The Kier molecular flexibility index (Phi) is 3.13. The number of carbonyl (C=O) groups is 1. The minimum atomic E-state index is -0.249. The number of imidazole rings is 1. The molecule has 1 N–H and O–H groups in total. The third kappa shape index (κ3) is 2.47. The largest absolute Gasteiger partial charge is 0.322 e. The summed E-state index contributed by atoms with van der Waals surface area (Å²) in [5, 5.41) is 11.7. The molecule has 0 unspecified atom stereocenters. The Morgan fingerprint density at radius 1 is 1.33 bits per heavy atom. The molecule has 0 aliphatic heterocycles. The van der Waals surface area contributed by atoms with Crippen molar-refractivity contribution >= 4 is 17.2 Å². The van der Waals surface area contributed by atoms with Gasteiger partial charge in [-0.2, -0.15) is 5.26 Å². The topological polar surface area (TPSA) is 70.2 Å². The van der Waals surface area contributed by atoms with Gasteiger partial charge in [0.2, 0.25) is 0 Å². The van der Waals surface area contributed by atoms with Crippen molar-refractivity contribution in [2.45, 2.75) is 6.92 Å². The first-order chi connectivity index (χ1) is 10.2. The molecule has 0 saturated carbocycles. The van der Waals surface area contributed by atoms with Crippen LogP contribution in [-0.2, 0) is 0 Å². The summed E-state index contributed by atoms with van der Waals surface area (Å²) >= 11 is 0. The molecule has 0 aliphatic rings. The van der Waals surface area contributed by atoms with Gasteiger partial charge in [-0.3, -0.25) is 4.79 Å². The van der Waals surface area contributed by atoms with E-state index in [0.29, 0.717) is 22.5 Å². The molecule has 0 saturated heterocycles. The van der Waals surface area contributed by atoms with Gasteiger partial charge >= 0.3 is 0 Å². The lowest BCUT2D eigenvalue weighted by Crippen LogP contribution is -2.13. The average Bonchev–Trinajstić information content (AvgIpc) is 2.87. The fourth-order valence-electron chi connectivity index (χ4n) is 2.18. The van der Waals surface area contributed by atoms with E-state index < -0.39 is 0 Å². The van der Waals surface area contributed by atoms with E-state index in [4.69, 9.17) is 5.26 Å². The second-order valence-electron chi connectivity index (χ2n) is 4.68. The molecule has 5 heteroatoms. The zero-order valence-electron chi connectivity index (χ0n) is 11.4. The van der Waals surface area contributed by atoms with Gasteiger partial charge in [-0.15, -0.1) is 0 Å². The number of nitriles is 1. The molecule has 1 aromatic carbocycles. The van der Waals surface area contributed by atoms with Crippen LogP contribution in [0.5, 0.6) is 0 Å². The standard InChI is InChI=1S/C16H12N4O/c1-11-10-20-7-3-6-14(15(20)18-11)16(21)19-13-5-2-4-12(8-13)9-17/h2-8,10H,1H3,(H,19,21). The van der Waals surface area contributed by atoms with Crippen molar-refractivity contribution in [3.63, 3.8) is 0 Å². The summed E-state index contributed by atoms with van der Waals surface area (Å²) in [5.74, 6) is -0.249. The van der Waals surface area contributed by atoms with Gasteiger partial charge in [0, 0.05) is 18.1 Å². The number of anilines is 1. The van der Waals surface area contributed by atoms with Crippen LogP contribution in [0.15, 0.2) is 48.8 Å². The lowest BCUT2D eigenvalue weighted by molar-refractivity contribution is 0.102. The number of aryl methyl sites for hydroxylation is 1. The van der Waals surface area contributed by atoms with Crippen molar-refractivity contribution in [1.82, 2.24) is 9.38 Å². The number of nitrogens with zero attached hydrogens (tertiary/aromatic N) is 3. The van der Waals surface area contributed by atoms with Crippen molar-refractivity contribution in [2.24, 2.45) is 0 Å². The Labute approximate surface area is 121 Å². The maximum Gasteiger partial charge on any atom is 0.259 e. The van der Waals surface area contributed by atoms with Crippen molar-refractivity contribution in [3.8, 4) is 6.07 Å². The molecule has 0 aliphatic carbocycles. The van der Waals surface area contributed by atoms with Crippen LogP contribution in [0.4, 0.5) is 5.69 Å². The quantitative estimate of drug-likeness (QED) is 0.782. The van der Waals surface area contributed by atoms with Crippen LogP contribution in [0.2, 0.25) is 0 Å². The van der Waals surface area contributed by atoms with Crippen molar-refractivity contribution in [2.75, 3.05) is 5.32 Å². The fourth-order valence-corrected chi connectivity index (χ4v) is 2.18. The van der Waals surface area contributed by atoms with Crippen LogP contribution in [-0.4, -0.2) is 15.3 Å².